The van der Waals surface area contributed by atoms with Gasteiger partial charge in [-0.2, -0.15) is 13.2 Å². The Morgan fingerprint density at radius 1 is 1.27 bits per heavy atom. The molecule has 30 heavy (non-hydrogen) atoms. The topological polar surface area (TPSA) is 83.3 Å². The van der Waals surface area contributed by atoms with Gasteiger partial charge in [0.2, 0.25) is 0 Å². The Kier molecular flexibility index (Phi) is 5.27. The Hall–Kier alpha value is -2.17. The molecular weight excluding hydrogens is 423 g/mol. The lowest BCUT2D eigenvalue weighted by Crippen LogP contribution is -2.59. The minimum atomic E-state index is -5.08. The first kappa shape index (κ1) is 21.1. The zero-order valence-corrected chi connectivity index (χ0v) is 17.0. The molecule has 1 aromatic carbocycles. The summed E-state index contributed by atoms with van der Waals surface area (Å²) in [6, 6.07) is 6.16. The highest BCUT2D eigenvalue weighted by Gasteiger charge is 2.50. The molecule has 11 heteroatoms. The molecule has 3 aliphatic rings. The molecule has 3 heterocycles. The number of aromatic nitrogens is 3. The molecule has 2 N–H and O–H groups in total. The maximum atomic E-state index is 10.6. The zero-order valence-electron chi connectivity index (χ0n) is 16.2. The largest absolute Gasteiger partial charge is 0.490 e. The van der Waals surface area contributed by atoms with E-state index in [4.69, 9.17) is 21.5 Å². The molecule has 0 unspecified atom stereocenters. The van der Waals surface area contributed by atoms with Gasteiger partial charge < -0.3 is 10.4 Å². The molecule has 0 bridgehead atoms. The van der Waals surface area contributed by atoms with Crippen LogP contribution in [0.25, 0.3) is 5.69 Å². The van der Waals surface area contributed by atoms with E-state index in [0.29, 0.717) is 11.3 Å². The molecule has 0 atom stereocenters. The predicted molar refractivity (Wildman–Crippen MR) is 103 cm³/mol. The molecule has 2 fully saturated rings. The van der Waals surface area contributed by atoms with Gasteiger partial charge in [-0.15, -0.1) is 10.2 Å². The third kappa shape index (κ3) is 3.91. The quantitative estimate of drug-likeness (QED) is 0.705. The first-order valence-electron chi connectivity index (χ1n) is 9.50. The van der Waals surface area contributed by atoms with Gasteiger partial charge in [0.05, 0.1) is 12.2 Å². The van der Waals surface area contributed by atoms with E-state index in [9.17, 15) is 13.2 Å². The minimum absolute atomic E-state index is 0.533. The van der Waals surface area contributed by atoms with Gasteiger partial charge in [0.25, 0.3) is 0 Å². The maximum Gasteiger partial charge on any atom is 0.490 e. The van der Waals surface area contributed by atoms with Gasteiger partial charge in [-0.05, 0) is 49.1 Å². The summed E-state index contributed by atoms with van der Waals surface area (Å²) in [6.45, 7) is 4.04. The Morgan fingerprint density at radius 3 is 2.50 bits per heavy atom. The van der Waals surface area contributed by atoms with Crippen molar-refractivity contribution in [2.75, 3.05) is 20.1 Å². The summed E-state index contributed by atoms with van der Waals surface area (Å²) in [4.78, 5) is 11.2. The zero-order chi connectivity index (χ0) is 21.7. The van der Waals surface area contributed by atoms with Gasteiger partial charge in [0.15, 0.2) is 5.82 Å². The van der Waals surface area contributed by atoms with Gasteiger partial charge >= 0.3 is 12.1 Å². The van der Waals surface area contributed by atoms with Crippen LogP contribution in [0.15, 0.2) is 18.2 Å². The number of aliphatic carboxylic acids is 1. The monoisotopic (exact) mass is 443 g/mol. The molecule has 7 nitrogen and oxygen atoms in total. The van der Waals surface area contributed by atoms with E-state index in [1.165, 1.54) is 37.2 Å². The van der Waals surface area contributed by atoms with Gasteiger partial charge in [0, 0.05) is 30.6 Å². The molecule has 0 amide bonds. The third-order valence-electron chi connectivity index (χ3n) is 5.86. The van der Waals surface area contributed by atoms with Crippen molar-refractivity contribution in [3.8, 4) is 5.69 Å². The fraction of sp³-hybridized carbons (Fsp3) is 0.526. The summed E-state index contributed by atoms with van der Waals surface area (Å²) in [5.74, 6) is -0.0505. The number of nitrogens with one attached hydrogen (secondary N) is 1. The minimum Gasteiger partial charge on any atom is -0.475 e. The maximum absolute atomic E-state index is 10.6. The molecular formula is C19H21ClF3N5O2. The molecule has 1 aliphatic carbocycles. The lowest BCUT2D eigenvalue weighted by molar-refractivity contribution is -0.192. The summed E-state index contributed by atoms with van der Waals surface area (Å²) in [6.07, 6.45) is -2.62. The van der Waals surface area contributed by atoms with E-state index in [1.807, 2.05) is 6.07 Å². The summed E-state index contributed by atoms with van der Waals surface area (Å²) in [5.41, 5.74) is 2.99. The van der Waals surface area contributed by atoms with Crippen LogP contribution in [0.1, 0.15) is 36.0 Å². The Morgan fingerprint density at radius 2 is 1.93 bits per heavy atom. The standard InChI is InChI=1S/C17H20ClN5.C2HF3O2/c1-22-7-11-4-13(18)2-3-14(11)23-15(8-22)20-21-16(23)12-5-17(6-12)9-19-10-17;3-2(4,5)1(6)7/h2-4,12,19H,5-10H2,1H3;(H,6,7). The highest BCUT2D eigenvalue weighted by molar-refractivity contribution is 6.30. The highest BCUT2D eigenvalue weighted by atomic mass is 35.5. The van der Waals surface area contributed by atoms with Crippen molar-refractivity contribution in [2.24, 2.45) is 5.41 Å². The van der Waals surface area contributed by atoms with Gasteiger partial charge in [-0.3, -0.25) is 9.47 Å². The number of nitrogens with zero attached hydrogens (tertiary/aromatic N) is 4. The number of carboxylic acids is 1. The number of rotatable bonds is 1. The third-order valence-corrected chi connectivity index (χ3v) is 6.09. The number of benzene rings is 1. The second-order valence-corrected chi connectivity index (χ2v) is 8.70. The SMILES string of the molecule is CN1Cc2cc(Cl)ccc2-n2c(nnc2C2CC3(CNC3)C2)C1.O=C(O)C(F)(F)F. The number of carboxylic acid groups (broad SMARTS) is 1. The van der Waals surface area contributed by atoms with Crippen LogP contribution in [0.5, 0.6) is 0 Å². The first-order valence-corrected chi connectivity index (χ1v) is 9.88. The number of halogens is 4. The van der Waals surface area contributed by atoms with Crippen LogP contribution in [0.3, 0.4) is 0 Å². The molecule has 1 aromatic heterocycles. The Balaban J connectivity index is 0.000000272. The normalized spacial score (nSPS) is 20.2. The van der Waals surface area contributed by atoms with E-state index in [2.05, 4.69) is 44.2 Å². The van der Waals surface area contributed by atoms with Crippen molar-refractivity contribution in [1.29, 1.82) is 0 Å². The van der Waals surface area contributed by atoms with Crippen LogP contribution in [0.2, 0.25) is 5.02 Å². The molecule has 1 saturated carbocycles. The van der Waals surface area contributed by atoms with Gasteiger partial charge in [-0.25, -0.2) is 4.79 Å². The average Bonchev–Trinajstić information content (AvgIpc) is 2.89. The van der Waals surface area contributed by atoms with Crippen LogP contribution in [-0.4, -0.2) is 57.1 Å². The van der Waals surface area contributed by atoms with E-state index in [1.54, 1.807) is 0 Å². The summed E-state index contributed by atoms with van der Waals surface area (Å²) >= 11 is 6.22. The fourth-order valence-electron chi connectivity index (χ4n) is 4.38. The number of hydrogen-bond acceptors (Lipinski definition) is 5. The van der Waals surface area contributed by atoms with Crippen molar-refractivity contribution in [1.82, 2.24) is 25.0 Å². The first-order chi connectivity index (χ1) is 14.1. The van der Waals surface area contributed by atoms with Crippen molar-refractivity contribution in [3.63, 3.8) is 0 Å². The molecule has 162 valence electrons. The van der Waals surface area contributed by atoms with Crippen molar-refractivity contribution >= 4 is 17.6 Å². The van der Waals surface area contributed by atoms with Crippen LogP contribution in [-0.2, 0) is 17.9 Å². The van der Waals surface area contributed by atoms with E-state index < -0.39 is 12.1 Å². The van der Waals surface area contributed by atoms with E-state index >= 15 is 0 Å². The molecule has 1 spiro atoms. The summed E-state index contributed by atoms with van der Waals surface area (Å²) in [5, 5.41) is 20.4. The van der Waals surface area contributed by atoms with Crippen molar-refractivity contribution in [2.45, 2.75) is 38.0 Å². The van der Waals surface area contributed by atoms with Crippen LogP contribution >= 0.6 is 11.6 Å². The van der Waals surface area contributed by atoms with E-state index in [0.717, 1.165) is 29.8 Å². The second-order valence-electron chi connectivity index (χ2n) is 8.27. The average molecular weight is 444 g/mol. The molecule has 0 radical (unpaired) electrons. The molecule has 5 rings (SSSR count). The predicted octanol–water partition coefficient (Wildman–Crippen LogP) is 2.97. The van der Waals surface area contributed by atoms with Gasteiger partial charge in [0.1, 0.15) is 5.82 Å². The number of hydrogen-bond donors (Lipinski definition) is 2. The lowest BCUT2D eigenvalue weighted by atomic mass is 9.58. The van der Waals surface area contributed by atoms with Crippen LogP contribution < -0.4 is 5.32 Å². The summed E-state index contributed by atoms with van der Waals surface area (Å²) in [7, 11) is 2.12. The number of alkyl halides is 3. The highest BCUT2D eigenvalue weighted by Crippen LogP contribution is 2.53. The van der Waals surface area contributed by atoms with Crippen molar-refractivity contribution < 1.29 is 23.1 Å². The Bertz CT molecular complexity index is 966. The number of fused-ring (bicyclic) bond motifs is 3. The van der Waals surface area contributed by atoms with Crippen LogP contribution in [0.4, 0.5) is 13.2 Å². The summed E-state index contributed by atoms with van der Waals surface area (Å²) < 4.78 is 34.0. The fourth-order valence-corrected chi connectivity index (χ4v) is 4.58. The van der Waals surface area contributed by atoms with Gasteiger partial charge in [-0.1, -0.05) is 11.6 Å². The lowest BCUT2D eigenvalue weighted by Gasteiger charge is -2.54. The Labute approximate surface area is 175 Å². The van der Waals surface area contributed by atoms with Crippen LogP contribution in [0, 0.1) is 5.41 Å². The number of carbonyl (C=O) groups is 1. The second kappa shape index (κ2) is 7.51. The molecule has 1 saturated heterocycles. The molecule has 2 aromatic rings. The van der Waals surface area contributed by atoms with Crippen molar-refractivity contribution in [3.05, 3.63) is 40.4 Å². The van der Waals surface area contributed by atoms with E-state index in [-0.39, 0.29) is 0 Å². The smallest absolute Gasteiger partial charge is 0.475 e. The molecule has 2 aliphatic heterocycles.